The lowest BCUT2D eigenvalue weighted by molar-refractivity contribution is 0.372. The van der Waals surface area contributed by atoms with Crippen LogP contribution in [0.15, 0.2) is 6.07 Å². The summed E-state index contributed by atoms with van der Waals surface area (Å²) >= 11 is 0. The number of aromatic nitrogens is 2. The van der Waals surface area contributed by atoms with Crippen molar-refractivity contribution < 1.29 is 9.47 Å². The van der Waals surface area contributed by atoms with Crippen LogP contribution in [0.3, 0.4) is 0 Å². The molecule has 1 heterocycles. The zero-order valence-corrected chi connectivity index (χ0v) is 10.9. The predicted octanol–water partition coefficient (Wildman–Crippen LogP) is 0.539. The van der Waals surface area contributed by atoms with Gasteiger partial charge in [-0.15, -0.1) is 0 Å². The van der Waals surface area contributed by atoms with E-state index in [1.54, 1.807) is 20.3 Å². The Bertz CT molecular complexity index is 324. The molecule has 1 rings (SSSR count). The zero-order valence-electron chi connectivity index (χ0n) is 10.9. The predicted molar refractivity (Wildman–Crippen MR) is 66.9 cm³/mol. The van der Waals surface area contributed by atoms with Crippen LogP contribution in [0.2, 0.25) is 0 Å². The van der Waals surface area contributed by atoms with Crippen molar-refractivity contribution in [2.75, 3.05) is 45.8 Å². The Morgan fingerprint density at radius 3 is 2.29 bits per heavy atom. The highest BCUT2D eigenvalue weighted by atomic mass is 16.5. The van der Waals surface area contributed by atoms with Gasteiger partial charge in [-0.1, -0.05) is 6.92 Å². The highest BCUT2D eigenvalue weighted by Gasteiger charge is 2.09. The van der Waals surface area contributed by atoms with E-state index in [-0.39, 0.29) is 0 Å². The first kappa shape index (κ1) is 13.5. The Morgan fingerprint density at radius 2 is 1.82 bits per heavy atom. The highest BCUT2D eigenvalue weighted by molar-refractivity contribution is 5.35. The summed E-state index contributed by atoms with van der Waals surface area (Å²) in [6.45, 7) is 4.74. The first-order chi connectivity index (χ1) is 8.21. The summed E-state index contributed by atoms with van der Waals surface area (Å²) in [4.78, 5) is 10.5. The van der Waals surface area contributed by atoms with Gasteiger partial charge in [-0.2, -0.15) is 9.97 Å². The molecule has 6 heteroatoms. The Labute approximate surface area is 102 Å². The van der Waals surface area contributed by atoms with Crippen molar-refractivity contribution in [1.82, 2.24) is 15.3 Å². The molecule has 1 aromatic rings. The maximum Gasteiger partial charge on any atom is 0.231 e. The lowest BCUT2D eigenvalue weighted by Gasteiger charge is -2.18. The number of methoxy groups -OCH3 is 2. The molecule has 1 N–H and O–H groups in total. The molecule has 0 radical (unpaired) electrons. The monoisotopic (exact) mass is 240 g/mol. The number of nitrogens with zero attached hydrogens (tertiary/aromatic N) is 3. The van der Waals surface area contributed by atoms with Gasteiger partial charge in [0.15, 0.2) is 0 Å². The second kappa shape index (κ2) is 6.90. The SMILES string of the molecule is CCNCCN(C)c1nc(OC)cc(OC)n1. The third kappa shape index (κ3) is 4.07. The summed E-state index contributed by atoms with van der Waals surface area (Å²) in [5.41, 5.74) is 0. The van der Waals surface area contributed by atoms with Crippen LogP contribution in [0.4, 0.5) is 5.95 Å². The Balaban J connectivity index is 2.73. The molecule has 0 unspecified atom stereocenters. The van der Waals surface area contributed by atoms with Crippen LogP contribution >= 0.6 is 0 Å². The minimum Gasteiger partial charge on any atom is -0.481 e. The maximum absolute atomic E-state index is 5.10. The molecule has 0 amide bonds. The third-order valence-corrected chi connectivity index (χ3v) is 2.30. The van der Waals surface area contributed by atoms with E-state index in [0.717, 1.165) is 19.6 Å². The number of hydrogen-bond donors (Lipinski definition) is 1. The summed E-state index contributed by atoms with van der Waals surface area (Å²) in [5, 5.41) is 3.25. The number of ether oxygens (including phenoxy) is 2. The molecule has 0 atom stereocenters. The molecule has 96 valence electrons. The van der Waals surface area contributed by atoms with Crippen molar-refractivity contribution >= 4 is 5.95 Å². The average Bonchev–Trinajstić information content (AvgIpc) is 2.38. The standard InChI is InChI=1S/C11H20N4O2/c1-5-12-6-7-15(2)11-13-9(16-3)8-10(14-11)17-4/h8,12H,5-7H2,1-4H3. The molecule has 0 bridgehead atoms. The van der Waals surface area contributed by atoms with Crippen molar-refractivity contribution in [1.29, 1.82) is 0 Å². The van der Waals surface area contributed by atoms with Crippen molar-refractivity contribution in [2.45, 2.75) is 6.92 Å². The van der Waals surface area contributed by atoms with Gasteiger partial charge in [0.2, 0.25) is 17.7 Å². The van der Waals surface area contributed by atoms with Gasteiger partial charge in [0.05, 0.1) is 20.3 Å². The lowest BCUT2D eigenvalue weighted by atomic mass is 10.5. The van der Waals surface area contributed by atoms with Crippen LogP contribution in [0.5, 0.6) is 11.8 Å². The third-order valence-electron chi connectivity index (χ3n) is 2.30. The van der Waals surface area contributed by atoms with Gasteiger partial charge in [0.1, 0.15) is 0 Å². The number of nitrogens with one attached hydrogen (secondary N) is 1. The van der Waals surface area contributed by atoms with Crippen LogP contribution < -0.4 is 19.7 Å². The van der Waals surface area contributed by atoms with Gasteiger partial charge in [-0.3, -0.25) is 0 Å². The molecule has 0 aliphatic heterocycles. The molecule has 0 saturated heterocycles. The molecule has 0 aliphatic rings. The van der Waals surface area contributed by atoms with Crippen LogP contribution in [-0.2, 0) is 0 Å². The van der Waals surface area contributed by atoms with Gasteiger partial charge < -0.3 is 19.7 Å². The molecule has 0 saturated carbocycles. The van der Waals surface area contributed by atoms with Gasteiger partial charge >= 0.3 is 0 Å². The minimum atomic E-state index is 0.502. The van der Waals surface area contributed by atoms with Crippen molar-refractivity contribution in [2.24, 2.45) is 0 Å². The van der Waals surface area contributed by atoms with Gasteiger partial charge in [0.25, 0.3) is 0 Å². The summed E-state index contributed by atoms with van der Waals surface area (Å²) in [6, 6.07) is 1.65. The molecular weight excluding hydrogens is 220 g/mol. The fraction of sp³-hybridized carbons (Fsp3) is 0.636. The molecule has 6 nitrogen and oxygen atoms in total. The molecule has 0 spiro atoms. The summed E-state index contributed by atoms with van der Waals surface area (Å²) < 4.78 is 10.2. The average molecular weight is 240 g/mol. The topological polar surface area (TPSA) is 59.5 Å². The molecule has 17 heavy (non-hydrogen) atoms. The fourth-order valence-corrected chi connectivity index (χ4v) is 1.30. The zero-order chi connectivity index (χ0) is 12.7. The van der Waals surface area contributed by atoms with Gasteiger partial charge in [-0.25, -0.2) is 0 Å². The fourth-order valence-electron chi connectivity index (χ4n) is 1.30. The Hall–Kier alpha value is -1.56. The minimum absolute atomic E-state index is 0.502. The van der Waals surface area contributed by atoms with E-state index in [9.17, 15) is 0 Å². The summed E-state index contributed by atoms with van der Waals surface area (Å²) in [6.07, 6.45) is 0. The summed E-state index contributed by atoms with van der Waals surface area (Å²) in [7, 11) is 5.08. The summed E-state index contributed by atoms with van der Waals surface area (Å²) in [5.74, 6) is 1.60. The van der Waals surface area contributed by atoms with Crippen molar-refractivity contribution in [3.63, 3.8) is 0 Å². The largest absolute Gasteiger partial charge is 0.481 e. The second-order valence-electron chi connectivity index (χ2n) is 3.53. The number of hydrogen-bond acceptors (Lipinski definition) is 6. The first-order valence-electron chi connectivity index (χ1n) is 5.60. The van der Waals surface area contributed by atoms with Crippen molar-refractivity contribution in [3.8, 4) is 11.8 Å². The maximum atomic E-state index is 5.10. The number of anilines is 1. The van der Waals surface area contributed by atoms with Crippen molar-refractivity contribution in [3.05, 3.63) is 6.07 Å². The van der Waals surface area contributed by atoms with E-state index in [2.05, 4.69) is 22.2 Å². The van der Waals surface area contributed by atoms with E-state index in [1.165, 1.54) is 0 Å². The number of likely N-dealkylation sites (N-methyl/N-ethyl adjacent to an activating group) is 2. The highest BCUT2D eigenvalue weighted by Crippen LogP contribution is 2.18. The quantitative estimate of drug-likeness (QED) is 0.702. The smallest absolute Gasteiger partial charge is 0.231 e. The molecule has 0 aromatic carbocycles. The van der Waals surface area contributed by atoms with Crippen LogP contribution in [0, 0.1) is 0 Å². The van der Waals surface area contributed by atoms with E-state index in [1.807, 2.05) is 11.9 Å². The van der Waals surface area contributed by atoms with E-state index in [0.29, 0.717) is 17.7 Å². The van der Waals surface area contributed by atoms with Gasteiger partial charge in [-0.05, 0) is 6.54 Å². The van der Waals surface area contributed by atoms with Crippen LogP contribution in [-0.4, -0.2) is 50.9 Å². The lowest BCUT2D eigenvalue weighted by Crippen LogP contribution is -2.30. The first-order valence-corrected chi connectivity index (χ1v) is 5.60. The van der Waals surface area contributed by atoms with E-state index < -0.39 is 0 Å². The number of rotatable bonds is 7. The van der Waals surface area contributed by atoms with E-state index >= 15 is 0 Å². The Morgan fingerprint density at radius 1 is 1.24 bits per heavy atom. The molecule has 1 aromatic heterocycles. The van der Waals surface area contributed by atoms with E-state index in [4.69, 9.17) is 9.47 Å². The molecular formula is C11H20N4O2. The normalized spacial score (nSPS) is 10.1. The second-order valence-corrected chi connectivity index (χ2v) is 3.53. The molecule has 0 fully saturated rings. The molecule has 0 aliphatic carbocycles. The van der Waals surface area contributed by atoms with Gasteiger partial charge in [0, 0.05) is 20.1 Å². The van der Waals surface area contributed by atoms with Crippen LogP contribution in [0.1, 0.15) is 6.92 Å². The van der Waals surface area contributed by atoms with Crippen LogP contribution in [0.25, 0.3) is 0 Å². The Kier molecular flexibility index (Phi) is 5.48.